The number of aromatic nitrogens is 4. The van der Waals surface area contributed by atoms with Crippen molar-refractivity contribution in [1.29, 1.82) is 0 Å². The largest absolute Gasteiger partial charge is 0.433 e. The average molecular weight is 472 g/mol. The fraction of sp³-hybridized carbons (Fsp3) is 0.476. The minimum Gasteiger partial charge on any atom is -0.353 e. The number of anilines is 2. The van der Waals surface area contributed by atoms with Gasteiger partial charge in [-0.3, -0.25) is 0 Å². The van der Waals surface area contributed by atoms with Gasteiger partial charge in [-0.05, 0) is 12.1 Å². The number of halogens is 6. The van der Waals surface area contributed by atoms with Gasteiger partial charge in [0.05, 0.1) is 11.3 Å². The summed E-state index contributed by atoms with van der Waals surface area (Å²) in [5, 5.41) is 4.50. The van der Waals surface area contributed by atoms with Crippen molar-refractivity contribution in [2.24, 2.45) is 0 Å². The predicted molar refractivity (Wildman–Crippen MR) is 110 cm³/mol. The third-order valence-electron chi connectivity index (χ3n) is 5.47. The van der Waals surface area contributed by atoms with Gasteiger partial charge < -0.3 is 9.80 Å². The van der Waals surface area contributed by atoms with Crippen molar-refractivity contribution in [2.45, 2.75) is 38.5 Å². The van der Waals surface area contributed by atoms with Crippen LogP contribution in [-0.2, 0) is 17.8 Å². The molecule has 0 bridgehead atoms. The Morgan fingerprint density at radius 3 is 1.94 bits per heavy atom. The first-order valence-electron chi connectivity index (χ1n) is 10.2. The zero-order valence-corrected chi connectivity index (χ0v) is 18.2. The Balaban J connectivity index is 1.61. The molecule has 178 valence electrons. The van der Waals surface area contributed by atoms with E-state index in [1.807, 2.05) is 20.8 Å². The lowest BCUT2D eigenvalue weighted by Gasteiger charge is -2.36. The molecule has 1 aliphatic heterocycles. The molecule has 0 aromatic carbocycles. The summed E-state index contributed by atoms with van der Waals surface area (Å²) in [6.45, 7) is 7.15. The van der Waals surface area contributed by atoms with Gasteiger partial charge in [0.1, 0.15) is 11.6 Å². The van der Waals surface area contributed by atoms with Gasteiger partial charge in [0, 0.05) is 49.9 Å². The summed E-state index contributed by atoms with van der Waals surface area (Å²) in [5.41, 5.74) is -1.50. The van der Waals surface area contributed by atoms with Crippen LogP contribution in [0.5, 0.6) is 0 Å². The Bertz CT molecular complexity index is 1140. The number of alkyl halides is 6. The predicted octanol–water partition coefficient (Wildman–Crippen LogP) is 4.79. The Morgan fingerprint density at radius 1 is 0.788 bits per heavy atom. The van der Waals surface area contributed by atoms with Crippen LogP contribution in [0, 0.1) is 0 Å². The molecule has 33 heavy (non-hydrogen) atoms. The van der Waals surface area contributed by atoms with Gasteiger partial charge in [0.2, 0.25) is 0 Å². The van der Waals surface area contributed by atoms with Crippen LogP contribution in [0.2, 0.25) is 0 Å². The molecule has 4 heterocycles. The third kappa shape index (κ3) is 4.69. The van der Waals surface area contributed by atoms with Crippen LogP contribution >= 0.6 is 0 Å². The molecule has 3 aromatic heterocycles. The Morgan fingerprint density at radius 2 is 1.42 bits per heavy atom. The van der Waals surface area contributed by atoms with Crippen LogP contribution in [0.15, 0.2) is 30.5 Å². The molecule has 1 fully saturated rings. The summed E-state index contributed by atoms with van der Waals surface area (Å²) in [6, 6.07) is 4.81. The Kier molecular flexibility index (Phi) is 5.44. The summed E-state index contributed by atoms with van der Waals surface area (Å²) in [4.78, 5) is 11.2. The second-order valence-electron chi connectivity index (χ2n) is 8.92. The molecule has 0 unspecified atom stereocenters. The maximum Gasteiger partial charge on any atom is 0.433 e. The quantitative estimate of drug-likeness (QED) is 0.503. The third-order valence-corrected chi connectivity index (χ3v) is 5.47. The minimum atomic E-state index is -4.62. The molecular formula is C21H22F6N6. The molecule has 1 aliphatic rings. The van der Waals surface area contributed by atoms with Gasteiger partial charge in [0.15, 0.2) is 11.3 Å². The SMILES string of the molecule is CC(C)(C)c1cc2nc(C(F)(F)F)cc(N3CCN(c4ccc(C(F)(F)F)cn4)CC3)n2n1. The van der Waals surface area contributed by atoms with Gasteiger partial charge in [-0.15, -0.1) is 0 Å². The van der Waals surface area contributed by atoms with Gasteiger partial charge in [-0.25, -0.2) is 9.97 Å². The van der Waals surface area contributed by atoms with Crippen molar-refractivity contribution in [2.75, 3.05) is 36.0 Å². The molecule has 4 rings (SSSR count). The fourth-order valence-corrected chi connectivity index (χ4v) is 3.60. The number of hydrogen-bond donors (Lipinski definition) is 0. The first-order valence-corrected chi connectivity index (χ1v) is 10.2. The van der Waals surface area contributed by atoms with Crippen LogP contribution in [0.1, 0.15) is 37.7 Å². The van der Waals surface area contributed by atoms with E-state index in [-0.39, 0.29) is 16.9 Å². The lowest BCUT2D eigenvalue weighted by atomic mass is 9.93. The highest BCUT2D eigenvalue weighted by atomic mass is 19.4. The van der Waals surface area contributed by atoms with E-state index in [0.717, 1.165) is 18.3 Å². The summed E-state index contributed by atoms with van der Waals surface area (Å²) in [5.74, 6) is 0.649. The zero-order valence-electron chi connectivity index (χ0n) is 18.2. The van der Waals surface area contributed by atoms with Crippen molar-refractivity contribution in [3.8, 4) is 0 Å². The van der Waals surface area contributed by atoms with Gasteiger partial charge in [0.25, 0.3) is 0 Å². The monoisotopic (exact) mass is 472 g/mol. The Labute approximate surface area is 185 Å². The number of piperazine rings is 1. The lowest BCUT2D eigenvalue weighted by Crippen LogP contribution is -2.47. The van der Waals surface area contributed by atoms with E-state index in [4.69, 9.17) is 0 Å². The van der Waals surface area contributed by atoms with E-state index in [1.54, 1.807) is 15.9 Å². The topological polar surface area (TPSA) is 49.6 Å². The highest BCUT2D eigenvalue weighted by molar-refractivity contribution is 5.54. The van der Waals surface area contributed by atoms with E-state index in [9.17, 15) is 26.3 Å². The van der Waals surface area contributed by atoms with Crippen molar-refractivity contribution < 1.29 is 26.3 Å². The van der Waals surface area contributed by atoms with E-state index in [0.29, 0.717) is 37.7 Å². The Hall–Kier alpha value is -3.05. The smallest absolute Gasteiger partial charge is 0.353 e. The average Bonchev–Trinajstić information content (AvgIpc) is 3.17. The molecule has 0 amide bonds. The molecule has 0 N–H and O–H groups in total. The fourth-order valence-electron chi connectivity index (χ4n) is 3.60. The summed E-state index contributed by atoms with van der Waals surface area (Å²) >= 11 is 0. The highest BCUT2D eigenvalue weighted by Gasteiger charge is 2.35. The first kappa shape index (κ1) is 23.1. The number of hydrogen-bond acceptors (Lipinski definition) is 5. The minimum absolute atomic E-state index is 0.108. The molecule has 0 spiro atoms. The van der Waals surface area contributed by atoms with E-state index in [1.165, 1.54) is 10.6 Å². The van der Waals surface area contributed by atoms with Crippen LogP contribution in [-0.4, -0.2) is 45.8 Å². The van der Waals surface area contributed by atoms with E-state index >= 15 is 0 Å². The summed E-state index contributed by atoms with van der Waals surface area (Å²) < 4.78 is 80.2. The van der Waals surface area contributed by atoms with Crippen LogP contribution < -0.4 is 9.80 Å². The van der Waals surface area contributed by atoms with Crippen molar-refractivity contribution in [3.63, 3.8) is 0 Å². The molecule has 0 radical (unpaired) electrons. The number of rotatable bonds is 2. The van der Waals surface area contributed by atoms with Crippen molar-refractivity contribution >= 4 is 17.3 Å². The summed E-state index contributed by atoms with van der Waals surface area (Å²) in [6.07, 6.45) is -8.31. The van der Waals surface area contributed by atoms with Crippen LogP contribution in [0.25, 0.3) is 5.65 Å². The standard InChI is InChI=1S/C21H22F6N6/c1-19(2,3)14-10-17-29-15(21(25,26)27)11-18(33(17)30-14)32-8-6-31(7-9-32)16-5-4-13(12-28-16)20(22,23)24/h4-5,10-12H,6-9H2,1-3H3. The molecule has 1 saturated heterocycles. The second kappa shape index (κ2) is 7.77. The maximum absolute atomic E-state index is 13.5. The number of nitrogens with zero attached hydrogens (tertiary/aromatic N) is 6. The first-order chi connectivity index (χ1) is 15.2. The zero-order chi connectivity index (χ0) is 24.2. The highest BCUT2D eigenvalue weighted by Crippen LogP contribution is 2.33. The normalized spacial score (nSPS) is 16.0. The van der Waals surface area contributed by atoms with Crippen LogP contribution in [0.4, 0.5) is 38.0 Å². The number of fused-ring (bicyclic) bond motifs is 1. The van der Waals surface area contributed by atoms with Gasteiger partial charge in [-0.2, -0.15) is 36.0 Å². The van der Waals surface area contributed by atoms with E-state index < -0.39 is 23.6 Å². The number of pyridine rings is 1. The molecule has 6 nitrogen and oxygen atoms in total. The summed E-state index contributed by atoms with van der Waals surface area (Å²) in [7, 11) is 0. The molecule has 0 aliphatic carbocycles. The van der Waals surface area contributed by atoms with Gasteiger partial charge in [-0.1, -0.05) is 20.8 Å². The molecular weight excluding hydrogens is 450 g/mol. The molecule has 12 heteroatoms. The molecule has 0 saturated carbocycles. The van der Waals surface area contributed by atoms with Gasteiger partial charge >= 0.3 is 12.4 Å². The van der Waals surface area contributed by atoms with Crippen molar-refractivity contribution in [1.82, 2.24) is 19.6 Å². The molecule has 0 atom stereocenters. The van der Waals surface area contributed by atoms with Crippen molar-refractivity contribution in [3.05, 3.63) is 47.4 Å². The maximum atomic E-state index is 13.5. The second-order valence-corrected chi connectivity index (χ2v) is 8.92. The lowest BCUT2D eigenvalue weighted by molar-refractivity contribution is -0.141. The van der Waals surface area contributed by atoms with E-state index in [2.05, 4.69) is 15.1 Å². The van der Waals surface area contributed by atoms with Crippen LogP contribution in [0.3, 0.4) is 0 Å². The molecule has 3 aromatic rings.